The highest BCUT2D eigenvalue weighted by atomic mass is 19.4. The SMILES string of the molecule is CC1(C)CNCC(COc2cccc(C(F)(F)F)n2)O1. The standard InChI is InChI=1S/C13H17F3N2O2/c1-12(2)8-17-6-9(20-12)7-19-11-5-3-4-10(18-11)13(14,15)16/h3-5,9,17H,6-8H2,1-2H3. The molecule has 112 valence electrons. The molecule has 7 heteroatoms. The van der Waals surface area contributed by atoms with E-state index < -0.39 is 11.9 Å². The van der Waals surface area contributed by atoms with Crippen molar-refractivity contribution in [2.24, 2.45) is 0 Å². The van der Waals surface area contributed by atoms with Crippen LogP contribution in [-0.2, 0) is 10.9 Å². The van der Waals surface area contributed by atoms with Crippen LogP contribution in [0.3, 0.4) is 0 Å². The van der Waals surface area contributed by atoms with Crippen molar-refractivity contribution in [3.8, 4) is 5.88 Å². The Hall–Kier alpha value is -1.34. The van der Waals surface area contributed by atoms with Crippen molar-refractivity contribution >= 4 is 0 Å². The first kappa shape index (κ1) is 15.1. The van der Waals surface area contributed by atoms with Gasteiger partial charge in [-0.3, -0.25) is 0 Å². The second-order valence-corrected chi connectivity index (χ2v) is 5.30. The van der Waals surface area contributed by atoms with Crippen LogP contribution in [0.1, 0.15) is 19.5 Å². The minimum absolute atomic E-state index is 0.0493. The summed E-state index contributed by atoms with van der Waals surface area (Å²) in [5, 5.41) is 3.19. The molecule has 1 N–H and O–H groups in total. The third-order valence-corrected chi connectivity index (χ3v) is 2.84. The Morgan fingerprint density at radius 2 is 2.20 bits per heavy atom. The van der Waals surface area contributed by atoms with Gasteiger partial charge in [-0.05, 0) is 19.9 Å². The van der Waals surface area contributed by atoms with E-state index in [4.69, 9.17) is 9.47 Å². The van der Waals surface area contributed by atoms with Crippen molar-refractivity contribution in [1.29, 1.82) is 0 Å². The molecule has 1 unspecified atom stereocenters. The third-order valence-electron chi connectivity index (χ3n) is 2.84. The summed E-state index contributed by atoms with van der Waals surface area (Å²) >= 11 is 0. The Kier molecular flexibility index (Phi) is 4.19. The Morgan fingerprint density at radius 3 is 2.85 bits per heavy atom. The fourth-order valence-electron chi connectivity index (χ4n) is 1.99. The largest absolute Gasteiger partial charge is 0.475 e. The Morgan fingerprint density at radius 1 is 1.45 bits per heavy atom. The molecule has 1 saturated heterocycles. The average Bonchev–Trinajstić information content (AvgIpc) is 2.35. The van der Waals surface area contributed by atoms with Crippen molar-refractivity contribution in [3.63, 3.8) is 0 Å². The molecule has 1 fully saturated rings. The first-order valence-electron chi connectivity index (χ1n) is 6.32. The second kappa shape index (κ2) is 5.57. The molecule has 1 aliphatic heterocycles. The van der Waals surface area contributed by atoms with Gasteiger partial charge in [0.1, 0.15) is 18.4 Å². The molecule has 0 spiro atoms. The molecule has 0 saturated carbocycles. The van der Waals surface area contributed by atoms with Gasteiger partial charge in [-0.15, -0.1) is 0 Å². The van der Waals surface area contributed by atoms with Crippen LogP contribution < -0.4 is 10.1 Å². The number of rotatable bonds is 3. The highest BCUT2D eigenvalue weighted by Crippen LogP contribution is 2.28. The maximum Gasteiger partial charge on any atom is 0.433 e. The number of aromatic nitrogens is 1. The van der Waals surface area contributed by atoms with Crippen LogP contribution in [0.4, 0.5) is 13.2 Å². The van der Waals surface area contributed by atoms with Gasteiger partial charge in [0.15, 0.2) is 0 Å². The molecule has 0 radical (unpaired) electrons. The van der Waals surface area contributed by atoms with E-state index in [1.54, 1.807) is 0 Å². The lowest BCUT2D eigenvalue weighted by molar-refractivity contribution is -0.141. The normalized spacial score (nSPS) is 22.6. The maximum absolute atomic E-state index is 12.5. The second-order valence-electron chi connectivity index (χ2n) is 5.30. The predicted molar refractivity (Wildman–Crippen MR) is 66.6 cm³/mol. The van der Waals surface area contributed by atoms with Gasteiger partial charge < -0.3 is 14.8 Å². The fourth-order valence-corrected chi connectivity index (χ4v) is 1.99. The summed E-state index contributed by atoms with van der Waals surface area (Å²) in [6, 6.07) is 3.58. The number of morpholine rings is 1. The van der Waals surface area contributed by atoms with Crippen LogP contribution in [0.25, 0.3) is 0 Å². The van der Waals surface area contributed by atoms with E-state index in [1.807, 2.05) is 13.8 Å². The summed E-state index contributed by atoms with van der Waals surface area (Å²) in [7, 11) is 0. The molecule has 2 rings (SSSR count). The molecular formula is C13H17F3N2O2. The van der Waals surface area contributed by atoms with Crippen LogP contribution in [0.15, 0.2) is 18.2 Å². The highest BCUT2D eigenvalue weighted by Gasteiger charge is 2.33. The molecule has 1 aromatic heterocycles. The van der Waals surface area contributed by atoms with Crippen LogP contribution >= 0.6 is 0 Å². The number of pyridine rings is 1. The van der Waals surface area contributed by atoms with Gasteiger partial charge in [-0.1, -0.05) is 6.07 Å². The number of nitrogens with zero attached hydrogens (tertiary/aromatic N) is 1. The lowest BCUT2D eigenvalue weighted by Crippen LogP contribution is -2.52. The lowest BCUT2D eigenvalue weighted by atomic mass is 10.1. The summed E-state index contributed by atoms with van der Waals surface area (Å²) in [6.07, 6.45) is -4.68. The van der Waals surface area contributed by atoms with Gasteiger partial charge in [-0.25, -0.2) is 4.98 Å². The van der Waals surface area contributed by atoms with Crippen molar-refractivity contribution in [3.05, 3.63) is 23.9 Å². The monoisotopic (exact) mass is 290 g/mol. The van der Waals surface area contributed by atoms with Crippen molar-refractivity contribution in [2.45, 2.75) is 31.7 Å². The molecule has 20 heavy (non-hydrogen) atoms. The maximum atomic E-state index is 12.5. The minimum atomic E-state index is -4.47. The zero-order valence-electron chi connectivity index (χ0n) is 11.3. The number of hydrogen-bond donors (Lipinski definition) is 1. The van der Waals surface area contributed by atoms with Gasteiger partial charge >= 0.3 is 6.18 Å². The quantitative estimate of drug-likeness (QED) is 0.927. The minimum Gasteiger partial charge on any atom is -0.475 e. The summed E-state index contributed by atoms with van der Waals surface area (Å²) in [5.41, 5.74) is -1.27. The average molecular weight is 290 g/mol. The number of halogens is 3. The molecule has 0 aliphatic carbocycles. The van der Waals surface area contributed by atoms with Gasteiger partial charge in [-0.2, -0.15) is 13.2 Å². The molecule has 1 aliphatic rings. The zero-order valence-corrected chi connectivity index (χ0v) is 11.3. The molecule has 0 aromatic carbocycles. The molecular weight excluding hydrogens is 273 g/mol. The van der Waals surface area contributed by atoms with Crippen LogP contribution in [0.2, 0.25) is 0 Å². The van der Waals surface area contributed by atoms with Crippen molar-refractivity contribution in [2.75, 3.05) is 19.7 Å². The summed E-state index contributed by atoms with van der Waals surface area (Å²) < 4.78 is 48.6. The Labute approximate surface area is 115 Å². The predicted octanol–water partition coefficient (Wildman–Crippen LogP) is 2.25. The summed E-state index contributed by atoms with van der Waals surface area (Å²) in [6.45, 7) is 5.36. The molecule has 0 amide bonds. The first-order chi connectivity index (χ1) is 9.26. The smallest absolute Gasteiger partial charge is 0.433 e. The molecule has 0 bridgehead atoms. The van der Waals surface area contributed by atoms with E-state index in [0.717, 1.165) is 12.6 Å². The topological polar surface area (TPSA) is 43.4 Å². The molecule has 2 heterocycles. The lowest BCUT2D eigenvalue weighted by Gasteiger charge is -2.36. The van der Waals surface area contributed by atoms with Crippen LogP contribution in [0.5, 0.6) is 5.88 Å². The van der Waals surface area contributed by atoms with Gasteiger partial charge in [0, 0.05) is 19.2 Å². The van der Waals surface area contributed by atoms with E-state index in [0.29, 0.717) is 6.54 Å². The van der Waals surface area contributed by atoms with E-state index in [2.05, 4.69) is 10.3 Å². The summed E-state index contributed by atoms with van der Waals surface area (Å²) in [5.74, 6) is -0.0493. The first-order valence-corrected chi connectivity index (χ1v) is 6.32. The van der Waals surface area contributed by atoms with Gasteiger partial charge in [0.25, 0.3) is 0 Å². The van der Waals surface area contributed by atoms with E-state index in [9.17, 15) is 13.2 Å². The van der Waals surface area contributed by atoms with Crippen LogP contribution in [-0.4, -0.2) is 36.4 Å². The number of ether oxygens (including phenoxy) is 2. The zero-order chi connectivity index (χ0) is 14.8. The number of alkyl halides is 3. The van der Waals surface area contributed by atoms with Crippen molar-refractivity contribution in [1.82, 2.24) is 10.3 Å². The Balaban J connectivity index is 1.94. The fraction of sp³-hybridized carbons (Fsp3) is 0.615. The number of nitrogens with one attached hydrogen (secondary N) is 1. The third kappa shape index (κ3) is 4.08. The van der Waals surface area contributed by atoms with Gasteiger partial charge in [0.2, 0.25) is 5.88 Å². The molecule has 1 atom stereocenters. The van der Waals surface area contributed by atoms with Crippen LogP contribution in [0, 0.1) is 0 Å². The van der Waals surface area contributed by atoms with E-state index in [-0.39, 0.29) is 24.2 Å². The van der Waals surface area contributed by atoms with Gasteiger partial charge in [0.05, 0.1) is 5.60 Å². The Bertz CT molecular complexity index is 463. The van der Waals surface area contributed by atoms with E-state index >= 15 is 0 Å². The number of hydrogen-bond acceptors (Lipinski definition) is 4. The highest BCUT2D eigenvalue weighted by molar-refractivity contribution is 5.17. The van der Waals surface area contributed by atoms with E-state index in [1.165, 1.54) is 12.1 Å². The molecule has 1 aromatic rings. The molecule has 4 nitrogen and oxygen atoms in total. The summed E-state index contributed by atoms with van der Waals surface area (Å²) in [4.78, 5) is 3.44. The van der Waals surface area contributed by atoms with Crippen molar-refractivity contribution < 1.29 is 22.6 Å².